The van der Waals surface area contributed by atoms with Gasteiger partial charge >= 0.3 is 25.0 Å². The fourth-order valence-electron chi connectivity index (χ4n) is 4.21. The van der Waals surface area contributed by atoms with E-state index < -0.39 is 12.7 Å². The van der Waals surface area contributed by atoms with E-state index in [1.165, 1.54) is 47.8 Å². The Balaban J connectivity index is 0.000000244. The SMILES string of the molecule is FC(F)(F)Oc1ccc([C@@H]2CC(Sc3ccccc3)=NO2)cc1.FC(F)(F)Oc1ccc([C@H]2CC(Sc3ccccc3)=NO2)cc1.O=C=O.O=C=O. The van der Waals surface area contributed by atoms with Crippen LogP contribution >= 0.6 is 23.5 Å². The molecule has 2 atom stereocenters. The Kier molecular flexibility index (Phi) is 16.0. The van der Waals surface area contributed by atoms with Crippen molar-refractivity contribution in [1.29, 1.82) is 0 Å². The van der Waals surface area contributed by atoms with Crippen molar-refractivity contribution in [1.82, 2.24) is 0 Å². The van der Waals surface area contributed by atoms with Gasteiger partial charge in [-0.3, -0.25) is 0 Å². The molecule has 18 heteroatoms. The largest absolute Gasteiger partial charge is 0.573 e. The number of alkyl halides is 6. The highest BCUT2D eigenvalue weighted by atomic mass is 32.2. The van der Waals surface area contributed by atoms with Crippen LogP contribution in [0.1, 0.15) is 36.2 Å². The molecule has 0 amide bonds. The van der Waals surface area contributed by atoms with Crippen molar-refractivity contribution in [3.63, 3.8) is 0 Å². The fraction of sp³-hybridized carbons (Fsp3) is 0.176. The third-order valence-electron chi connectivity index (χ3n) is 6.21. The van der Waals surface area contributed by atoms with Crippen molar-refractivity contribution in [2.75, 3.05) is 0 Å². The number of oxime groups is 2. The second kappa shape index (κ2) is 20.3. The molecule has 0 fully saturated rings. The zero-order valence-corrected chi connectivity index (χ0v) is 27.8. The van der Waals surface area contributed by atoms with Crippen LogP contribution in [0.25, 0.3) is 0 Å². The Bertz CT molecular complexity index is 1680. The van der Waals surface area contributed by atoms with Gasteiger partial charge in [0.2, 0.25) is 0 Å². The number of hydrogen-bond donors (Lipinski definition) is 0. The van der Waals surface area contributed by atoms with E-state index in [-0.39, 0.29) is 36.0 Å². The van der Waals surface area contributed by atoms with Crippen LogP contribution in [-0.4, -0.2) is 35.1 Å². The molecule has 0 saturated heterocycles. The zero-order valence-electron chi connectivity index (χ0n) is 26.2. The number of carbonyl (C=O) groups excluding carboxylic acids is 4. The highest BCUT2D eigenvalue weighted by Gasteiger charge is 2.32. The van der Waals surface area contributed by atoms with Gasteiger partial charge in [0, 0.05) is 22.6 Å². The smallest absolute Gasteiger partial charge is 0.406 e. The minimum absolute atomic E-state index is 0.250. The summed E-state index contributed by atoms with van der Waals surface area (Å²) < 4.78 is 80.5. The van der Waals surface area contributed by atoms with Gasteiger partial charge in [0.05, 0.1) is 0 Å². The lowest BCUT2D eigenvalue weighted by Gasteiger charge is -2.11. The van der Waals surface area contributed by atoms with Crippen molar-refractivity contribution in [3.8, 4) is 11.5 Å². The second-order valence-corrected chi connectivity index (χ2v) is 12.1. The quantitative estimate of drug-likeness (QED) is 0.175. The summed E-state index contributed by atoms with van der Waals surface area (Å²) in [6, 6.07) is 30.8. The van der Waals surface area contributed by atoms with Crippen molar-refractivity contribution in [2.45, 2.75) is 47.6 Å². The minimum Gasteiger partial charge on any atom is -0.406 e. The predicted molar refractivity (Wildman–Crippen MR) is 173 cm³/mol. The first-order valence-electron chi connectivity index (χ1n) is 14.4. The number of thioether (sulfide) groups is 2. The van der Waals surface area contributed by atoms with Gasteiger partial charge in [-0.1, -0.05) is 94.5 Å². The molecule has 2 aliphatic heterocycles. The lowest BCUT2D eigenvalue weighted by atomic mass is 10.1. The Morgan fingerprint density at radius 1 is 0.538 bits per heavy atom. The normalized spacial score (nSPS) is 15.8. The predicted octanol–water partition coefficient (Wildman–Crippen LogP) is 9.14. The summed E-state index contributed by atoms with van der Waals surface area (Å²) >= 11 is 3.02. The van der Waals surface area contributed by atoms with E-state index in [2.05, 4.69) is 19.8 Å². The fourth-order valence-corrected chi connectivity index (χ4v) is 5.97. The number of hydrogen-bond acceptors (Lipinski definition) is 12. The van der Waals surface area contributed by atoms with Gasteiger partial charge < -0.3 is 19.1 Å². The van der Waals surface area contributed by atoms with Gasteiger partial charge in [-0.25, -0.2) is 0 Å². The molecule has 0 N–H and O–H groups in total. The van der Waals surface area contributed by atoms with E-state index in [4.69, 9.17) is 28.9 Å². The Hall–Kier alpha value is -5.54. The summed E-state index contributed by atoms with van der Waals surface area (Å²) in [4.78, 5) is 45.4. The van der Waals surface area contributed by atoms with Crippen molar-refractivity contribution in [2.24, 2.45) is 10.3 Å². The lowest BCUT2D eigenvalue weighted by Crippen LogP contribution is -2.17. The van der Waals surface area contributed by atoms with Gasteiger partial charge in [-0.05, 0) is 59.7 Å². The van der Waals surface area contributed by atoms with E-state index in [0.717, 1.165) is 31.0 Å². The molecule has 10 nitrogen and oxygen atoms in total. The highest BCUT2D eigenvalue weighted by molar-refractivity contribution is 8.14. The van der Waals surface area contributed by atoms with Crippen molar-refractivity contribution >= 4 is 45.9 Å². The van der Waals surface area contributed by atoms with Gasteiger partial charge in [0.15, 0.2) is 12.2 Å². The van der Waals surface area contributed by atoms with Crippen LogP contribution in [0.2, 0.25) is 0 Å². The molecule has 4 aromatic carbocycles. The molecule has 0 saturated carbocycles. The lowest BCUT2D eigenvalue weighted by molar-refractivity contribution is -0.275. The average molecular weight is 767 g/mol. The minimum atomic E-state index is -4.69. The first-order chi connectivity index (χ1) is 24.8. The van der Waals surface area contributed by atoms with Crippen molar-refractivity contribution < 1.29 is 64.7 Å². The summed E-state index contributed by atoms with van der Waals surface area (Å²) in [6.45, 7) is 0. The zero-order chi connectivity index (χ0) is 38.0. The highest BCUT2D eigenvalue weighted by Crippen LogP contribution is 2.36. The number of halogens is 6. The third-order valence-corrected chi connectivity index (χ3v) is 8.18. The van der Waals surface area contributed by atoms with Gasteiger partial charge in [0.1, 0.15) is 21.6 Å². The molecular weight excluding hydrogens is 743 g/mol. The van der Waals surface area contributed by atoms with Gasteiger partial charge in [-0.15, -0.1) is 26.3 Å². The summed E-state index contributed by atoms with van der Waals surface area (Å²) in [5.41, 5.74) is 1.51. The maximum Gasteiger partial charge on any atom is 0.573 e. The molecule has 2 heterocycles. The van der Waals surface area contributed by atoms with Crippen molar-refractivity contribution in [3.05, 3.63) is 120 Å². The molecule has 0 bridgehead atoms. The van der Waals surface area contributed by atoms with E-state index in [1.807, 2.05) is 60.7 Å². The molecule has 52 heavy (non-hydrogen) atoms. The second-order valence-electron chi connectivity index (χ2n) is 9.80. The van der Waals surface area contributed by atoms with E-state index in [9.17, 15) is 26.3 Å². The van der Waals surface area contributed by atoms with Crippen LogP contribution in [0, 0.1) is 0 Å². The molecule has 0 unspecified atom stereocenters. The maximum absolute atomic E-state index is 12.1. The molecule has 4 aromatic rings. The Labute approximate surface area is 299 Å². The van der Waals surface area contributed by atoms with E-state index in [1.54, 1.807) is 24.3 Å². The monoisotopic (exact) mass is 766 g/mol. The van der Waals surface area contributed by atoms with E-state index >= 15 is 0 Å². The summed E-state index contributed by atoms with van der Waals surface area (Å²) in [5.74, 6) is -0.502. The maximum atomic E-state index is 12.1. The molecule has 6 rings (SSSR count). The first kappa shape index (κ1) is 40.9. The topological polar surface area (TPSA) is 130 Å². The van der Waals surface area contributed by atoms with Crippen LogP contribution < -0.4 is 9.47 Å². The number of rotatable bonds is 6. The molecule has 0 aromatic heterocycles. The Morgan fingerprint density at radius 3 is 1.13 bits per heavy atom. The van der Waals surface area contributed by atoms with Crippen LogP contribution in [0.15, 0.2) is 129 Å². The summed E-state index contributed by atoms with van der Waals surface area (Å²) in [6.07, 6.45) is -8.29. The van der Waals surface area contributed by atoms with E-state index in [0.29, 0.717) is 12.8 Å². The first-order valence-corrected chi connectivity index (χ1v) is 16.1. The van der Waals surface area contributed by atoms with Crippen LogP contribution in [0.5, 0.6) is 11.5 Å². The summed E-state index contributed by atoms with van der Waals surface area (Å²) in [7, 11) is 0. The standard InChI is InChI=1S/2C16H12F3NO2S.2CO2/c2*17-16(18,19)21-12-8-6-11(7-9-12)14-10-15(20-22-14)23-13-4-2-1-3-5-13;2*2-1-3/h2*1-9,14H,10H2;;/t2*14-;;/m10../s1. The average Bonchev–Trinajstić information content (AvgIpc) is 3.76. The van der Waals surface area contributed by atoms with Crippen LogP contribution in [0.3, 0.4) is 0 Å². The van der Waals surface area contributed by atoms with Crippen LogP contribution in [0.4, 0.5) is 26.3 Å². The number of nitrogens with zero attached hydrogens (tertiary/aromatic N) is 2. The van der Waals surface area contributed by atoms with Crippen LogP contribution in [-0.2, 0) is 28.9 Å². The Morgan fingerprint density at radius 2 is 0.846 bits per heavy atom. The third kappa shape index (κ3) is 15.1. The molecule has 0 spiro atoms. The number of ether oxygens (including phenoxy) is 2. The summed E-state index contributed by atoms with van der Waals surface area (Å²) in [5, 5.41) is 9.74. The molecule has 2 aliphatic rings. The number of benzene rings is 4. The molecule has 0 radical (unpaired) electrons. The molecule has 0 aliphatic carbocycles. The van der Waals surface area contributed by atoms with Gasteiger partial charge in [0.25, 0.3) is 0 Å². The molecular formula is C34H24F6N2O8S2. The van der Waals surface area contributed by atoms with Gasteiger partial charge in [-0.2, -0.15) is 19.2 Å². The molecule has 272 valence electrons.